The van der Waals surface area contributed by atoms with Gasteiger partial charge in [0.05, 0.1) is 5.37 Å². The van der Waals surface area contributed by atoms with E-state index in [1.54, 1.807) is 11.8 Å². The number of nitrogens with one attached hydrogen (secondary N) is 1. The van der Waals surface area contributed by atoms with Gasteiger partial charge in [-0.3, -0.25) is 10.1 Å². The fourth-order valence-corrected chi connectivity index (χ4v) is 3.18. The van der Waals surface area contributed by atoms with Crippen LogP contribution in [-0.4, -0.2) is 28.2 Å². The lowest BCUT2D eigenvalue weighted by Gasteiger charge is -2.20. The van der Waals surface area contributed by atoms with E-state index in [0.29, 0.717) is 17.0 Å². The summed E-state index contributed by atoms with van der Waals surface area (Å²) in [5.74, 6) is 0.589. The van der Waals surface area contributed by atoms with E-state index in [2.05, 4.69) is 19.2 Å². The quantitative estimate of drug-likeness (QED) is 0.727. The Bertz CT molecular complexity index is 182. The predicted octanol–water partition coefficient (Wildman–Crippen LogP) is 1.54. The van der Waals surface area contributed by atoms with Gasteiger partial charge in [-0.2, -0.15) is 0 Å². The number of hydrogen-bond donors (Lipinski definition) is 2. The second-order valence-electron chi connectivity index (χ2n) is 3.39. The average molecular weight is 203 g/mol. The first-order valence-corrected chi connectivity index (χ1v) is 5.84. The molecule has 0 aromatic heterocycles. The van der Waals surface area contributed by atoms with Crippen molar-refractivity contribution in [3.05, 3.63) is 0 Å². The van der Waals surface area contributed by atoms with Crippen LogP contribution in [0.3, 0.4) is 0 Å². The number of hydrogen-bond acceptors (Lipinski definition) is 3. The summed E-state index contributed by atoms with van der Waals surface area (Å²) < 4.78 is 0. The van der Waals surface area contributed by atoms with Crippen LogP contribution in [0.1, 0.15) is 26.7 Å². The van der Waals surface area contributed by atoms with Crippen LogP contribution < -0.4 is 5.32 Å². The van der Waals surface area contributed by atoms with Gasteiger partial charge in [0.15, 0.2) is 0 Å². The van der Waals surface area contributed by atoms with E-state index in [1.807, 2.05) is 0 Å². The lowest BCUT2D eigenvalue weighted by atomic mass is 10.0. The minimum absolute atomic E-state index is 0.337. The minimum atomic E-state index is -0.721. The highest BCUT2D eigenvalue weighted by molar-refractivity contribution is 8.00. The summed E-state index contributed by atoms with van der Waals surface area (Å²) in [5.41, 5.74) is 0. The molecule has 1 aliphatic heterocycles. The fourth-order valence-electron chi connectivity index (χ4n) is 1.63. The number of carboxylic acid groups (broad SMARTS) is 1. The molecule has 0 aromatic rings. The van der Waals surface area contributed by atoms with Crippen LogP contribution in [0.5, 0.6) is 0 Å². The van der Waals surface area contributed by atoms with Gasteiger partial charge in [0.25, 0.3) is 0 Å². The molecular weight excluding hydrogens is 186 g/mol. The molecule has 1 aliphatic rings. The molecule has 0 aromatic carbocycles. The van der Waals surface area contributed by atoms with Crippen molar-refractivity contribution < 1.29 is 9.90 Å². The molecule has 4 heteroatoms. The molecule has 0 amide bonds. The maximum atomic E-state index is 10.7. The number of carbonyl (C=O) groups is 1. The molecule has 76 valence electrons. The largest absolute Gasteiger partial charge is 0.480 e. The van der Waals surface area contributed by atoms with E-state index in [0.717, 1.165) is 12.8 Å². The minimum Gasteiger partial charge on any atom is -0.480 e. The van der Waals surface area contributed by atoms with Crippen molar-refractivity contribution in [2.24, 2.45) is 5.92 Å². The third-order valence-electron chi connectivity index (χ3n) is 2.58. The lowest BCUT2D eigenvalue weighted by molar-refractivity contribution is -0.138. The molecule has 1 saturated heterocycles. The molecule has 1 unspecified atom stereocenters. The van der Waals surface area contributed by atoms with E-state index >= 15 is 0 Å². The van der Waals surface area contributed by atoms with Gasteiger partial charge in [0, 0.05) is 5.75 Å². The first-order chi connectivity index (χ1) is 6.19. The molecular formula is C9H17NO2S. The Labute approximate surface area is 83.3 Å². The summed E-state index contributed by atoms with van der Waals surface area (Å²) in [6, 6.07) is -0.337. The first-order valence-electron chi connectivity index (χ1n) is 4.79. The van der Waals surface area contributed by atoms with Gasteiger partial charge < -0.3 is 5.11 Å². The Hall–Kier alpha value is -0.220. The van der Waals surface area contributed by atoms with Crippen LogP contribution in [-0.2, 0) is 4.79 Å². The van der Waals surface area contributed by atoms with Gasteiger partial charge in [-0.05, 0) is 5.92 Å². The molecule has 1 fully saturated rings. The summed E-state index contributed by atoms with van der Waals surface area (Å²) >= 11 is 1.74. The van der Waals surface area contributed by atoms with Gasteiger partial charge >= 0.3 is 5.97 Å². The van der Waals surface area contributed by atoms with E-state index in [4.69, 9.17) is 5.11 Å². The zero-order chi connectivity index (χ0) is 9.84. The molecule has 0 saturated carbocycles. The highest BCUT2D eigenvalue weighted by Gasteiger charge is 2.32. The van der Waals surface area contributed by atoms with Crippen molar-refractivity contribution in [1.29, 1.82) is 0 Å². The van der Waals surface area contributed by atoms with Crippen LogP contribution in [0, 0.1) is 5.92 Å². The van der Waals surface area contributed by atoms with Crippen molar-refractivity contribution in [2.45, 2.75) is 38.1 Å². The van der Waals surface area contributed by atoms with Crippen LogP contribution in [0.15, 0.2) is 0 Å². The Morgan fingerprint density at radius 2 is 2.23 bits per heavy atom. The maximum Gasteiger partial charge on any atom is 0.321 e. The van der Waals surface area contributed by atoms with E-state index in [1.165, 1.54) is 0 Å². The second-order valence-corrected chi connectivity index (χ2v) is 4.56. The zero-order valence-electron chi connectivity index (χ0n) is 8.12. The SMILES string of the molecule is CCC(CC)C1N[C@@H](C(=O)O)CS1. The standard InChI is InChI=1S/C9H17NO2S/c1-3-6(4-2)8-10-7(5-13-8)9(11)12/h6-8,10H,3-5H2,1-2H3,(H,11,12)/t7-,8?/m1/s1. The maximum absolute atomic E-state index is 10.7. The lowest BCUT2D eigenvalue weighted by Crippen LogP contribution is -2.39. The predicted molar refractivity (Wildman–Crippen MR) is 54.9 cm³/mol. The van der Waals surface area contributed by atoms with E-state index < -0.39 is 5.97 Å². The first kappa shape index (κ1) is 10.9. The summed E-state index contributed by atoms with van der Waals surface area (Å²) in [6.07, 6.45) is 2.24. The average Bonchev–Trinajstić information content (AvgIpc) is 2.56. The number of rotatable bonds is 4. The topological polar surface area (TPSA) is 49.3 Å². The molecule has 3 nitrogen and oxygen atoms in total. The molecule has 13 heavy (non-hydrogen) atoms. The number of carboxylic acids is 1. The van der Waals surface area contributed by atoms with Crippen LogP contribution in [0.4, 0.5) is 0 Å². The van der Waals surface area contributed by atoms with Crippen molar-refractivity contribution in [3.63, 3.8) is 0 Å². The van der Waals surface area contributed by atoms with Gasteiger partial charge in [0.2, 0.25) is 0 Å². The highest BCUT2D eigenvalue weighted by Crippen LogP contribution is 2.28. The molecule has 2 atom stereocenters. The molecule has 1 rings (SSSR count). The summed E-state index contributed by atoms with van der Waals surface area (Å²) in [6.45, 7) is 4.31. The summed E-state index contributed by atoms with van der Waals surface area (Å²) in [7, 11) is 0. The molecule has 0 aliphatic carbocycles. The monoisotopic (exact) mass is 203 g/mol. The van der Waals surface area contributed by atoms with Crippen LogP contribution >= 0.6 is 11.8 Å². The molecule has 0 bridgehead atoms. The number of thioether (sulfide) groups is 1. The third-order valence-corrected chi connectivity index (χ3v) is 3.99. The Morgan fingerprint density at radius 1 is 1.62 bits per heavy atom. The van der Waals surface area contributed by atoms with Crippen molar-refractivity contribution in [2.75, 3.05) is 5.75 Å². The van der Waals surface area contributed by atoms with Gasteiger partial charge in [-0.25, -0.2) is 0 Å². The third kappa shape index (κ3) is 2.61. The smallest absolute Gasteiger partial charge is 0.321 e. The van der Waals surface area contributed by atoms with Crippen molar-refractivity contribution in [3.8, 4) is 0 Å². The Morgan fingerprint density at radius 3 is 2.62 bits per heavy atom. The second kappa shape index (κ2) is 4.86. The van der Waals surface area contributed by atoms with Crippen molar-refractivity contribution >= 4 is 17.7 Å². The zero-order valence-corrected chi connectivity index (χ0v) is 8.93. The van der Waals surface area contributed by atoms with Crippen LogP contribution in [0.2, 0.25) is 0 Å². The fraction of sp³-hybridized carbons (Fsp3) is 0.889. The van der Waals surface area contributed by atoms with Gasteiger partial charge in [-0.15, -0.1) is 11.8 Å². The van der Waals surface area contributed by atoms with Crippen LogP contribution in [0.25, 0.3) is 0 Å². The summed E-state index contributed by atoms with van der Waals surface area (Å²) in [4.78, 5) is 10.7. The molecule has 1 heterocycles. The number of aliphatic carboxylic acids is 1. The van der Waals surface area contributed by atoms with E-state index in [-0.39, 0.29) is 6.04 Å². The van der Waals surface area contributed by atoms with Gasteiger partial charge in [-0.1, -0.05) is 26.7 Å². The Balaban J connectivity index is 2.43. The van der Waals surface area contributed by atoms with E-state index in [9.17, 15) is 4.79 Å². The normalized spacial score (nSPS) is 28.2. The highest BCUT2D eigenvalue weighted by atomic mass is 32.2. The molecule has 2 N–H and O–H groups in total. The Kier molecular flexibility index (Phi) is 4.06. The van der Waals surface area contributed by atoms with Crippen molar-refractivity contribution in [1.82, 2.24) is 5.32 Å². The molecule has 0 spiro atoms. The summed E-state index contributed by atoms with van der Waals surface area (Å²) in [5, 5.41) is 12.3. The molecule has 0 radical (unpaired) electrons. The van der Waals surface area contributed by atoms with Gasteiger partial charge in [0.1, 0.15) is 6.04 Å².